The van der Waals surface area contributed by atoms with Gasteiger partial charge in [-0.1, -0.05) is 164 Å². The van der Waals surface area contributed by atoms with Crippen molar-refractivity contribution >= 4 is 265 Å². The Balaban J connectivity index is 0.000000186. The van der Waals surface area contributed by atoms with Crippen molar-refractivity contribution in [1.82, 2.24) is 77.4 Å². The number of fused-ring (bicyclic) bond motifs is 4. The summed E-state index contributed by atoms with van der Waals surface area (Å²) in [6, 6.07) is 31.1. The van der Waals surface area contributed by atoms with E-state index in [2.05, 4.69) is 165 Å². The molecule has 32 nitrogen and oxygen atoms in total. The summed E-state index contributed by atoms with van der Waals surface area (Å²) in [6.45, 7) is 14.0. The molecule has 0 aliphatic carbocycles. The molecule has 0 atom stereocenters. The molecule has 116 heavy (non-hydrogen) atoms. The number of phenolic OH excluding ortho intramolecular Hbond substituents is 2. The number of nitrogens with two attached hydrogens (primary N) is 5. The predicted molar refractivity (Wildman–Crippen MR) is 473 cm³/mol. The molecule has 10 aromatic heterocycles. The third-order valence-electron chi connectivity index (χ3n) is 14.4. The number of aromatic nitrogens is 16. The van der Waals surface area contributed by atoms with E-state index in [-0.39, 0.29) is 44.3 Å². The number of hydrogen-bond acceptors (Lipinski definition) is 26. The lowest BCUT2D eigenvalue weighted by Gasteiger charge is -2.14. The molecule has 0 unspecified atom stereocenters. The summed E-state index contributed by atoms with van der Waals surface area (Å²) < 4.78 is 19.2. The fourth-order valence-electron chi connectivity index (χ4n) is 8.92. The number of phenols is 2. The Kier molecular flexibility index (Phi) is 36.7. The smallest absolute Gasteiger partial charge is 0.488 e. The van der Waals surface area contributed by atoms with Gasteiger partial charge < -0.3 is 68.5 Å². The first-order valence-electron chi connectivity index (χ1n) is 31.6. The molecule has 15 rings (SSSR count). The SMILES string of the molecule is COC(CBr)OC.Clc1c(Br)nc(Br)c2nccn12.N#Cc1ccc(B(O)O)cc1.Nc1cncc(Cl)n1.Nc1nc(Br)c(Cl)n2ccnc12.Nc1nc(Cl)c(Br)nc1Br.OB(O)c1ccc(O)c(Cl)c1.[C-]#[N+]c1ccc(-c2nc(N)c3nccn3c2-c2ccc(O)c(Cl)c2)cc1.[C-]#[N+]c1ccc(-c2nc(N)c3nccn3c2Cl)cc1. The number of nitriles is 1. The Morgan fingerprint density at radius 1 is 0.483 bits per heavy atom. The van der Waals surface area contributed by atoms with E-state index in [1.54, 1.807) is 126 Å². The van der Waals surface area contributed by atoms with Crippen LogP contribution < -0.4 is 39.6 Å². The number of halogens is 13. The summed E-state index contributed by atoms with van der Waals surface area (Å²) in [4.78, 5) is 55.0. The van der Waals surface area contributed by atoms with Gasteiger partial charge in [-0.05, 0) is 139 Å². The summed E-state index contributed by atoms with van der Waals surface area (Å²) in [5.41, 5.74) is 37.0. The van der Waals surface area contributed by atoms with Crippen LogP contribution >= 0.6 is 177 Å². The van der Waals surface area contributed by atoms with Gasteiger partial charge in [0.25, 0.3) is 0 Å². The lowest BCUT2D eigenvalue weighted by molar-refractivity contribution is -0.0834. The summed E-state index contributed by atoms with van der Waals surface area (Å²) in [5.74, 6) is 1.54. The Morgan fingerprint density at radius 3 is 1.36 bits per heavy atom. The van der Waals surface area contributed by atoms with E-state index in [4.69, 9.17) is 163 Å². The molecule has 0 fully saturated rings. The van der Waals surface area contributed by atoms with E-state index in [9.17, 15) is 5.11 Å². The van der Waals surface area contributed by atoms with Gasteiger partial charge in [0.15, 0.2) is 73.3 Å². The number of ether oxygens (including phenoxy) is 2. The monoisotopic (exact) mass is 2090 g/mol. The number of imidazole rings is 4. The van der Waals surface area contributed by atoms with Crippen molar-refractivity contribution in [2.75, 3.05) is 48.2 Å². The average Bonchev–Trinajstić information content (AvgIpc) is 1.43. The lowest BCUT2D eigenvalue weighted by Crippen LogP contribution is -2.29. The second-order valence-corrected chi connectivity index (χ2v) is 28.9. The first kappa shape index (κ1) is 93.8. The number of benzene rings is 5. The topological polar surface area (TPSA) is 475 Å². The van der Waals surface area contributed by atoms with Gasteiger partial charge in [-0.15, -0.1) is 0 Å². The van der Waals surface area contributed by atoms with Crippen LogP contribution in [-0.2, 0) is 9.47 Å². The van der Waals surface area contributed by atoms with E-state index in [1.807, 2.05) is 22.6 Å². The molecule has 0 spiro atoms. The molecule has 5 aromatic carbocycles. The Bertz CT molecular complexity index is 5860. The summed E-state index contributed by atoms with van der Waals surface area (Å²) >= 11 is 59.7. The molecule has 10 heterocycles. The molecule has 0 saturated carbocycles. The second-order valence-electron chi connectivity index (χ2n) is 21.9. The van der Waals surface area contributed by atoms with Crippen molar-refractivity contribution in [3.05, 3.63) is 258 Å². The molecule has 0 amide bonds. The van der Waals surface area contributed by atoms with Crippen molar-refractivity contribution in [2.24, 2.45) is 0 Å². The number of nitrogen functional groups attached to an aromatic ring is 5. The quantitative estimate of drug-likeness (QED) is 0.0291. The highest BCUT2D eigenvalue weighted by molar-refractivity contribution is 9.11. The zero-order chi connectivity index (χ0) is 85.2. The lowest BCUT2D eigenvalue weighted by atomic mass is 9.80. The normalized spacial score (nSPS) is 10.2. The van der Waals surface area contributed by atoms with E-state index in [0.29, 0.717) is 123 Å². The first-order valence-corrected chi connectivity index (χ1v) is 39.3. The zero-order valence-electron chi connectivity index (χ0n) is 58.9. The van der Waals surface area contributed by atoms with Gasteiger partial charge in [0.1, 0.15) is 62.0 Å². The van der Waals surface area contributed by atoms with Crippen LogP contribution in [0.4, 0.5) is 40.5 Å². The van der Waals surface area contributed by atoms with Crippen molar-refractivity contribution in [3.8, 4) is 51.3 Å². The highest BCUT2D eigenvalue weighted by Gasteiger charge is 2.20. The Hall–Kier alpha value is -9.39. The van der Waals surface area contributed by atoms with Crippen LogP contribution in [0.25, 0.3) is 66.1 Å². The van der Waals surface area contributed by atoms with Crippen molar-refractivity contribution in [1.29, 1.82) is 5.26 Å². The first-order chi connectivity index (χ1) is 55.3. The van der Waals surface area contributed by atoms with Crippen LogP contribution in [0, 0.1) is 24.5 Å². The highest BCUT2D eigenvalue weighted by Crippen LogP contribution is 2.38. The average molecular weight is 2100 g/mol. The van der Waals surface area contributed by atoms with E-state index in [0.717, 1.165) is 27.7 Å². The number of alkyl halides is 1. The molecule has 15 aromatic rings. The molecule has 0 saturated heterocycles. The number of methoxy groups -OCH3 is 2. The van der Waals surface area contributed by atoms with Crippen LogP contribution in [0.2, 0.25) is 35.8 Å². The fourth-order valence-corrected chi connectivity index (χ4v) is 13.0. The van der Waals surface area contributed by atoms with Crippen molar-refractivity contribution in [2.45, 2.75) is 6.29 Å². The molecule has 0 aliphatic heterocycles. The Morgan fingerprint density at radius 2 is 0.914 bits per heavy atom. The molecule has 0 bridgehead atoms. The molecule has 594 valence electrons. The van der Waals surface area contributed by atoms with E-state index < -0.39 is 14.2 Å². The minimum Gasteiger partial charge on any atom is -0.506 e. The maximum Gasteiger partial charge on any atom is 0.488 e. The van der Waals surface area contributed by atoms with E-state index >= 15 is 0 Å². The molecule has 16 N–H and O–H groups in total. The van der Waals surface area contributed by atoms with Gasteiger partial charge in [0.2, 0.25) is 0 Å². The molecular weight excluding hydrogens is 2040 g/mol. The second kappa shape index (κ2) is 45.4. The van der Waals surface area contributed by atoms with E-state index in [1.165, 1.54) is 60.9 Å². The van der Waals surface area contributed by atoms with Gasteiger partial charge in [-0.2, -0.15) is 5.26 Å². The largest absolute Gasteiger partial charge is 0.506 e. The van der Waals surface area contributed by atoms with Gasteiger partial charge in [-0.25, -0.2) is 64.5 Å². The van der Waals surface area contributed by atoms with Gasteiger partial charge in [-0.3, -0.25) is 22.6 Å². The third kappa shape index (κ3) is 25.8. The fraction of sp³-hybridized carbons (Fsp3) is 0.0580. The number of rotatable bonds is 8. The summed E-state index contributed by atoms with van der Waals surface area (Å²) in [5, 5.41) is 64.8. The highest BCUT2D eigenvalue weighted by atomic mass is 79.9. The predicted octanol–water partition coefficient (Wildman–Crippen LogP) is 15.3. The number of nitrogens with zero attached hydrogens (tertiary/aromatic N) is 19. The Labute approximate surface area is 744 Å². The molecule has 47 heteroatoms. The van der Waals surface area contributed by atoms with Crippen LogP contribution in [0.5, 0.6) is 11.5 Å². The van der Waals surface area contributed by atoms with Crippen LogP contribution in [-0.4, -0.2) is 148 Å². The summed E-state index contributed by atoms with van der Waals surface area (Å²) in [6.07, 6.45) is 16.3. The third-order valence-corrected chi connectivity index (χ3v) is 20.5. The van der Waals surface area contributed by atoms with Gasteiger partial charge in [0, 0.05) is 74.9 Å². The number of anilines is 5. The zero-order valence-corrected chi connectivity index (χ0v) is 73.7. The van der Waals surface area contributed by atoms with Crippen molar-refractivity contribution < 1.29 is 39.8 Å². The van der Waals surface area contributed by atoms with Crippen LogP contribution in [0.1, 0.15) is 5.56 Å². The summed E-state index contributed by atoms with van der Waals surface area (Å²) in [7, 11) is 0.209. The standard InChI is InChI=1S/C19H12ClN5O.C13H8ClN5.C7H6BNO2.C6H6BClO3.C6H2Br2ClN3.C6H4BrClN4.C4H2Br2ClN3.C4H9BrO2.C4H4ClN3/c1-22-13-5-2-11(3-6-13)16-17(12-4-7-15(26)14(20)10-12)25-9-8-23-19(25)18(21)24-16;1-16-9-4-2-8(3-5-9)10-11(14)19-7-6-17-13(19)12(15)18-10;9-5-6-1-3-7(4-2-6)8(10)11;8-5-3-4(7(10)11)1-2-6(5)9;7-3-5(9)12-2-1-10-6(12)4(8)11-3;7-3-4(8)12-2-1-10-6(12)5(9)11-3;5-1-3(7)10-4(8)2(6)9-1;1-6-4(3-5)7-2;5-3-1-7-2-4(6)8-3/h2-10,26H,(H2,21,24);2-7H,(H2,15,18);1-4,10-11H;1-3,9-11H;1-2H;1-2H,(H2,9,11);(H2,8,10);4H,3H2,1-2H3;1-2H,(H2,6,8). The van der Waals surface area contributed by atoms with Crippen LogP contribution in [0.15, 0.2) is 194 Å². The maximum atomic E-state index is 9.74. The minimum absolute atomic E-state index is 0.00339. The van der Waals surface area contributed by atoms with Crippen molar-refractivity contribution in [3.63, 3.8) is 0 Å². The minimum atomic E-state index is -1.55. The molecular formula is C69H53B2Br6Cl7N24O8. The maximum absolute atomic E-state index is 9.74. The number of aromatic hydroxyl groups is 2. The van der Waals surface area contributed by atoms with Gasteiger partial charge in [0.05, 0.1) is 63.9 Å². The number of hydrogen-bond donors (Lipinski definition) is 11. The van der Waals surface area contributed by atoms with Gasteiger partial charge >= 0.3 is 14.2 Å². The van der Waals surface area contributed by atoms with Crippen LogP contribution in [0.3, 0.4) is 0 Å². The molecule has 0 radical (unpaired) electrons. The molecule has 0 aliphatic rings.